The minimum Gasteiger partial charge on any atom is -0.474 e. The normalized spacial score (nSPS) is 17.6. The molecule has 94 valence electrons. The SMILES string of the molecule is CNc1ccnc(OC(C(C)C)C2CNC2)c1. The first-order valence-corrected chi connectivity index (χ1v) is 6.22. The molecule has 1 aliphatic rings. The highest BCUT2D eigenvalue weighted by Gasteiger charge is 2.31. The van der Waals surface area contributed by atoms with Gasteiger partial charge in [0.15, 0.2) is 0 Å². The molecule has 0 bridgehead atoms. The van der Waals surface area contributed by atoms with E-state index in [4.69, 9.17) is 4.74 Å². The van der Waals surface area contributed by atoms with Gasteiger partial charge in [-0.25, -0.2) is 4.98 Å². The van der Waals surface area contributed by atoms with Crippen molar-refractivity contribution in [3.05, 3.63) is 18.3 Å². The lowest BCUT2D eigenvalue weighted by atomic mass is 9.89. The number of aromatic nitrogens is 1. The third kappa shape index (κ3) is 2.88. The van der Waals surface area contributed by atoms with Crippen molar-refractivity contribution < 1.29 is 4.74 Å². The molecule has 0 saturated carbocycles. The lowest BCUT2D eigenvalue weighted by Gasteiger charge is -2.36. The number of ether oxygens (including phenoxy) is 1. The van der Waals surface area contributed by atoms with Crippen LogP contribution in [-0.2, 0) is 0 Å². The van der Waals surface area contributed by atoms with Gasteiger partial charge in [0.1, 0.15) is 6.10 Å². The van der Waals surface area contributed by atoms with E-state index < -0.39 is 0 Å². The summed E-state index contributed by atoms with van der Waals surface area (Å²) < 4.78 is 6.03. The van der Waals surface area contributed by atoms with Crippen LogP contribution < -0.4 is 15.4 Å². The Kier molecular flexibility index (Phi) is 3.84. The Morgan fingerprint density at radius 3 is 2.76 bits per heavy atom. The number of hydrogen-bond acceptors (Lipinski definition) is 4. The van der Waals surface area contributed by atoms with Gasteiger partial charge in [0, 0.05) is 44.0 Å². The van der Waals surface area contributed by atoms with Crippen molar-refractivity contribution in [2.45, 2.75) is 20.0 Å². The monoisotopic (exact) mass is 235 g/mol. The molecule has 0 aliphatic carbocycles. The minimum absolute atomic E-state index is 0.246. The second-order valence-electron chi connectivity index (χ2n) is 4.88. The van der Waals surface area contributed by atoms with E-state index in [0.717, 1.165) is 18.8 Å². The molecule has 0 spiro atoms. The molecule has 1 aromatic heterocycles. The number of rotatable bonds is 5. The molecule has 0 aromatic carbocycles. The highest BCUT2D eigenvalue weighted by atomic mass is 16.5. The van der Waals surface area contributed by atoms with E-state index >= 15 is 0 Å². The quantitative estimate of drug-likeness (QED) is 0.816. The Hall–Kier alpha value is -1.29. The summed E-state index contributed by atoms with van der Waals surface area (Å²) in [4.78, 5) is 4.27. The van der Waals surface area contributed by atoms with Gasteiger partial charge in [0.25, 0.3) is 0 Å². The van der Waals surface area contributed by atoms with Crippen molar-refractivity contribution in [3.8, 4) is 5.88 Å². The Morgan fingerprint density at radius 2 is 2.24 bits per heavy atom. The third-order valence-electron chi connectivity index (χ3n) is 3.22. The maximum atomic E-state index is 6.03. The third-order valence-corrected chi connectivity index (χ3v) is 3.22. The van der Waals surface area contributed by atoms with E-state index in [2.05, 4.69) is 29.5 Å². The Balaban J connectivity index is 2.05. The molecule has 1 unspecified atom stereocenters. The van der Waals surface area contributed by atoms with Crippen molar-refractivity contribution in [3.63, 3.8) is 0 Å². The molecule has 4 heteroatoms. The zero-order chi connectivity index (χ0) is 12.3. The van der Waals surface area contributed by atoms with Crippen LogP contribution >= 0.6 is 0 Å². The predicted octanol–water partition coefficient (Wildman–Crippen LogP) is 1.75. The van der Waals surface area contributed by atoms with Crippen LogP contribution in [0.3, 0.4) is 0 Å². The zero-order valence-corrected chi connectivity index (χ0v) is 10.7. The number of pyridine rings is 1. The predicted molar refractivity (Wildman–Crippen MR) is 69.4 cm³/mol. The summed E-state index contributed by atoms with van der Waals surface area (Å²) in [6.07, 6.45) is 2.02. The zero-order valence-electron chi connectivity index (χ0n) is 10.7. The molecule has 2 N–H and O–H groups in total. The molecule has 0 amide bonds. The largest absolute Gasteiger partial charge is 0.474 e. The molecule has 1 atom stereocenters. The van der Waals surface area contributed by atoms with E-state index in [1.54, 1.807) is 6.20 Å². The van der Waals surface area contributed by atoms with Crippen LogP contribution in [0.15, 0.2) is 18.3 Å². The van der Waals surface area contributed by atoms with E-state index in [-0.39, 0.29) is 6.10 Å². The Labute approximate surface area is 103 Å². The van der Waals surface area contributed by atoms with Crippen molar-refractivity contribution in [1.29, 1.82) is 0 Å². The Morgan fingerprint density at radius 1 is 1.47 bits per heavy atom. The standard InChI is InChI=1S/C13H21N3O/c1-9(2)13(10-7-15-8-10)17-12-6-11(14-3)4-5-16-12/h4-6,9-10,13,15H,7-8H2,1-3H3,(H,14,16). The van der Waals surface area contributed by atoms with E-state index in [0.29, 0.717) is 17.7 Å². The number of hydrogen-bond donors (Lipinski definition) is 2. The fourth-order valence-corrected chi connectivity index (χ4v) is 2.09. The average Bonchev–Trinajstić information content (AvgIpc) is 2.26. The number of anilines is 1. The smallest absolute Gasteiger partial charge is 0.215 e. The summed E-state index contributed by atoms with van der Waals surface area (Å²) in [6, 6.07) is 3.88. The van der Waals surface area contributed by atoms with Crippen LogP contribution in [0.25, 0.3) is 0 Å². The van der Waals surface area contributed by atoms with Crippen molar-refractivity contribution in [2.24, 2.45) is 11.8 Å². The first kappa shape index (κ1) is 12.2. The van der Waals surface area contributed by atoms with E-state index in [1.165, 1.54) is 0 Å². The van der Waals surface area contributed by atoms with Crippen molar-refractivity contribution in [1.82, 2.24) is 10.3 Å². The first-order chi connectivity index (χ1) is 8.20. The highest BCUT2D eigenvalue weighted by molar-refractivity contribution is 5.44. The highest BCUT2D eigenvalue weighted by Crippen LogP contribution is 2.23. The molecule has 2 rings (SSSR count). The fraction of sp³-hybridized carbons (Fsp3) is 0.615. The van der Waals surface area contributed by atoms with Gasteiger partial charge in [-0.3, -0.25) is 0 Å². The van der Waals surface area contributed by atoms with Crippen molar-refractivity contribution >= 4 is 5.69 Å². The maximum Gasteiger partial charge on any atom is 0.215 e. The first-order valence-electron chi connectivity index (χ1n) is 6.22. The molecule has 1 aromatic rings. The van der Waals surface area contributed by atoms with E-state index in [1.807, 2.05) is 19.2 Å². The fourth-order valence-electron chi connectivity index (χ4n) is 2.09. The molecule has 17 heavy (non-hydrogen) atoms. The van der Waals surface area contributed by atoms with Gasteiger partial charge in [0.2, 0.25) is 5.88 Å². The van der Waals surface area contributed by atoms with Gasteiger partial charge >= 0.3 is 0 Å². The van der Waals surface area contributed by atoms with Gasteiger partial charge < -0.3 is 15.4 Å². The second-order valence-corrected chi connectivity index (χ2v) is 4.88. The van der Waals surface area contributed by atoms with Crippen LogP contribution in [0.2, 0.25) is 0 Å². The minimum atomic E-state index is 0.246. The van der Waals surface area contributed by atoms with Crippen LogP contribution in [0.4, 0.5) is 5.69 Å². The molecule has 1 fully saturated rings. The summed E-state index contributed by atoms with van der Waals surface area (Å²) in [6.45, 7) is 6.50. The summed E-state index contributed by atoms with van der Waals surface area (Å²) in [5.74, 6) is 1.82. The molecule has 4 nitrogen and oxygen atoms in total. The topological polar surface area (TPSA) is 46.2 Å². The summed E-state index contributed by atoms with van der Waals surface area (Å²) in [5, 5.41) is 6.39. The molecule has 1 aliphatic heterocycles. The molecular formula is C13H21N3O. The van der Waals surface area contributed by atoms with E-state index in [9.17, 15) is 0 Å². The summed E-state index contributed by atoms with van der Waals surface area (Å²) in [7, 11) is 1.90. The maximum absolute atomic E-state index is 6.03. The number of nitrogens with zero attached hydrogens (tertiary/aromatic N) is 1. The lowest BCUT2D eigenvalue weighted by molar-refractivity contribution is 0.0572. The van der Waals surface area contributed by atoms with Crippen LogP contribution in [-0.4, -0.2) is 31.2 Å². The molecule has 0 radical (unpaired) electrons. The molecular weight excluding hydrogens is 214 g/mol. The molecule has 2 heterocycles. The number of nitrogens with one attached hydrogen (secondary N) is 2. The lowest BCUT2D eigenvalue weighted by Crippen LogP contribution is -2.52. The summed E-state index contributed by atoms with van der Waals surface area (Å²) >= 11 is 0. The van der Waals surface area contributed by atoms with Gasteiger partial charge in [-0.2, -0.15) is 0 Å². The van der Waals surface area contributed by atoms with Gasteiger partial charge in [-0.05, 0) is 12.0 Å². The second kappa shape index (κ2) is 5.36. The summed E-state index contributed by atoms with van der Waals surface area (Å²) in [5.41, 5.74) is 1.03. The van der Waals surface area contributed by atoms with Gasteiger partial charge in [-0.15, -0.1) is 0 Å². The van der Waals surface area contributed by atoms with Crippen LogP contribution in [0.1, 0.15) is 13.8 Å². The van der Waals surface area contributed by atoms with Gasteiger partial charge in [-0.1, -0.05) is 13.8 Å². The van der Waals surface area contributed by atoms with Crippen LogP contribution in [0, 0.1) is 11.8 Å². The van der Waals surface area contributed by atoms with Crippen LogP contribution in [0.5, 0.6) is 5.88 Å². The average molecular weight is 235 g/mol. The Bertz CT molecular complexity index is 363. The van der Waals surface area contributed by atoms with Crippen molar-refractivity contribution in [2.75, 3.05) is 25.5 Å². The van der Waals surface area contributed by atoms with Gasteiger partial charge in [0.05, 0.1) is 0 Å². The molecule has 1 saturated heterocycles.